The van der Waals surface area contributed by atoms with Crippen LogP contribution in [0.4, 0.5) is 0 Å². The average Bonchev–Trinajstić information content (AvgIpc) is 2.79. The molecule has 2 unspecified atom stereocenters. The molecule has 1 fully saturated rings. The van der Waals surface area contributed by atoms with E-state index in [1.54, 1.807) is 24.3 Å². The molecule has 2 atom stereocenters. The van der Waals surface area contributed by atoms with Crippen molar-refractivity contribution in [2.24, 2.45) is 0 Å². The Morgan fingerprint density at radius 3 is 2.55 bits per heavy atom. The lowest BCUT2D eigenvalue weighted by Crippen LogP contribution is -2.33. The molecule has 6 heteroatoms. The first-order valence-electron chi connectivity index (χ1n) is 6.34. The van der Waals surface area contributed by atoms with Gasteiger partial charge in [-0.1, -0.05) is 12.1 Å². The summed E-state index contributed by atoms with van der Waals surface area (Å²) >= 11 is 0. The van der Waals surface area contributed by atoms with Gasteiger partial charge in [-0.3, -0.25) is 9.59 Å². The van der Waals surface area contributed by atoms with Gasteiger partial charge in [-0.2, -0.15) is 0 Å². The number of nitrogens with one attached hydrogen (secondary N) is 1. The van der Waals surface area contributed by atoms with Crippen LogP contribution in [0.15, 0.2) is 35.3 Å². The van der Waals surface area contributed by atoms with E-state index in [1.165, 1.54) is 11.1 Å². The van der Waals surface area contributed by atoms with Gasteiger partial charge < -0.3 is 20.1 Å². The molecule has 0 aliphatic carbocycles. The number of carbonyl (C=O) groups excluding carboxylic acids is 1. The molecule has 20 heavy (non-hydrogen) atoms. The first-order chi connectivity index (χ1) is 9.58. The molecule has 1 amide bonds. The van der Waals surface area contributed by atoms with E-state index in [-0.39, 0.29) is 24.1 Å². The Hall–Kier alpha value is -2.18. The molecular formula is C14H14N2O4. The maximum absolute atomic E-state index is 12.3. The predicted molar refractivity (Wildman–Crippen MR) is 72.5 cm³/mol. The fourth-order valence-electron chi connectivity index (χ4n) is 2.43. The SMILES string of the molecule is O=C(c1c[nH]c2ccccc2c1=O)N1CC(O)C(O)C1. The standard InChI is InChI=1S/C14H14N2O4/c17-11-6-16(7-12(11)18)14(20)9-5-15-10-4-2-1-3-8(10)13(9)19/h1-5,11-12,17-18H,6-7H2,(H,15,19). The summed E-state index contributed by atoms with van der Waals surface area (Å²) in [4.78, 5) is 28.8. The molecule has 2 heterocycles. The van der Waals surface area contributed by atoms with E-state index in [2.05, 4.69) is 4.98 Å². The van der Waals surface area contributed by atoms with Crippen LogP contribution in [0, 0.1) is 0 Å². The van der Waals surface area contributed by atoms with E-state index in [9.17, 15) is 19.8 Å². The Bertz CT molecular complexity index is 714. The van der Waals surface area contributed by atoms with Crippen LogP contribution in [-0.2, 0) is 0 Å². The number of aliphatic hydroxyl groups excluding tert-OH is 2. The predicted octanol–water partition coefficient (Wildman–Crippen LogP) is -0.294. The van der Waals surface area contributed by atoms with Crippen LogP contribution in [0.25, 0.3) is 10.9 Å². The number of pyridine rings is 1. The first kappa shape index (κ1) is 12.8. The second kappa shape index (κ2) is 4.73. The number of aromatic amines is 1. The van der Waals surface area contributed by atoms with E-state index in [0.29, 0.717) is 10.9 Å². The number of fused-ring (bicyclic) bond motifs is 1. The Labute approximate surface area is 114 Å². The van der Waals surface area contributed by atoms with Crippen molar-refractivity contribution in [3.05, 3.63) is 46.2 Å². The topological polar surface area (TPSA) is 93.6 Å². The third-order valence-corrected chi connectivity index (χ3v) is 3.56. The Morgan fingerprint density at radius 2 is 1.85 bits per heavy atom. The largest absolute Gasteiger partial charge is 0.388 e. The molecule has 3 N–H and O–H groups in total. The number of aliphatic hydroxyl groups is 2. The fraction of sp³-hybridized carbons (Fsp3) is 0.286. The summed E-state index contributed by atoms with van der Waals surface area (Å²) in [6, 6.07) is 6.94. The van der Waals surface area contributed by atoms with Gasteiger partial charge in [0.2, 0.25) is 5.43 Å². The van der Waals surface area contributed by atoms with Gasteiger partial charge in [-0.25, -0.2) is 0 Å². The van der Waals surface area contributed by atoms with Crippen molar-refractivity contribution in [3.63, 3.8) is 0 Å². The monoisotopic (exact) mass is 274 g/mol. The minimum Gasteiger partial charge on any atom is -0.388 e. The highest BCUT2D eigenvalue weighted by Gasteiger charge is 2.33. The van der Waals surface area contributed by atoms with Gasteiger partial charge in [0.15, 0.2) is 0 Å². The van der Waals surface area contributed by atoms with E-state index < -0.39 is 18.1 Å². The summed E-state index contributed by atoms with van der Waals surface area (Å²) in [5, 5.41) is 19.4. The van der Waals surface area contributed by atoms with Crippen LogP contribution < -0.4 is 5.43 Å². The number of nitrogens with zero attached hydrogens (tertiary/aromatic N) is 1. The molecule has 1 aliphatic rings. The number of β-amino-alcohol motifs (C(OH)–C–C–N with tert-alkyl or cyclic N) is 2. The molecule has 1 aliphatic heterocycles. The summed E-state index contributed by atoms with van der Waals surface area (Å²) < 4.78 is 0. The number of amides is 1. The molecule has 2 aromatic rings. The summed E-state index contributed by atoms with van der Waals surface area (Å²) in [6.45, 7) is 0.0680. The Balaban J connectivity index is 2.01. The molecule has 1 aromatic heterocycles. The molecule has 1 aromatic carbocycles. The maximum atomic E-state index is 12.3. The molecule has 6 nitrogen and oxygen atoms in total. The Morgan fingerprint density at radius 1 is 1.20 bits per heavy atom. The highest BCUT2D eigenvalue weighted by molar-refractivity contribution is 5.97. The van der Waals surface area contributed by atoms with Crippen molar-refractivity contribution in [1.82, 2.24) is 9.88 Å². The minimum atomic E-state index is -0.960. The van der Waals surface area contributed by atoms with Crippen LogP contribution in [0.2, 0.25) is 0 Å². The van der Waals surface area contributed by atoms with Crippen molar-refractivity contribution in [1.29, 1.82) is 0 Å². The van der Waals surface area contributed by atoms with Gasteiger partial charge in [-0.15, -0.1) is 0 Å². The van der Waals surface area contributed by atoms with E-state index in [1.807, 2.05) is 0 Å². The van der Waals surface area contributed by atoms with Gasteiger partial charge in [-0.05, 0) is 12.1 Å². The number of para-hydroxylation sites is 1. The summed E-state index contributed by atoms with van der Waals surface area (Å²) in [6.07, 6.45) is -0.540. The van der Waals surface area contributed by atoms with Crippen molar-refractivity contribution in [3.8, 4) is 0 Å². The van der Waals surface area contributed by atoms with Gasteiger partial charge in [0.1, 0.15) is 5.56 Å². The lowest BCUT2D eigenvalue weighted by molar-refractivity contribution is 0.0572. The van der Waals surface area contributed by atoms with E-state index in [0.717, 1.165) is 0 Å². The van der Waals surface area contributed by atoms with Crippen molar-refractivity contribution in [2.45, 2.75) is 12.2 Å². The van der Waals surface area contributed by atoms with Crippen LogP contribution in [0.5, 0.6) is 0 Å². The lowest BCUT2D eigenvalue weighted by Gasteiger charge is -2.15. The molecular weight excluding hydrogens is 260 g/mol. The second-order valence-electron chi connectivity index (χ2n) is 4.92. The van der Waals surface area contributed by atoms with Crippen LogP contribution >= 0.6 is 0 Å². The third kappa shape index (κ3) is 1.99. The van der Waals surface area contributed by atoms with Crippen molar-refractivity contribution >= 4 is 16.8 Å². The maximum Gasteiger partial charge on any atom is 0.259 e. The molecule has 3 rings (SSSR count). The highest BCUT2D eigenvalue weighted by atomic mass is 16.3. The first-order valence-corrected chi connectivity index (χ1v) is 6.34. The fourth-order valence-corrected chi connectivity index (χ4v) is 2.43. The Kier molecular flexibility index (Phi) is 3.04. The molecule has 0 bridgehead atoms. The average molecular weight is 274 g/mol. The van der Waals surface area contributed by atoms with Crippen molar-refractivity contribution < 1.29 is 15.0 Å². The third-order valence-electron chi connectivity index (χ3n) is 3.56. The molecule has 104 valence electrons. The molecule has 1 saturated heterocycles. The lowest BCUT2D eigenvalue weighted by atomic mass is 10.1. The number of hydrogen-bond donors (Lipinski definition) is 3. The number of carbonyl (C=O) groups is 1. The smallest absolute Gasteiger partial charge is 0.259 e. The molecule has 0 spiro atoms. The molecule has 0 saturated carbocycles. The zero-order chi connectivity index (χ0) is 14.3. The van der Waals surface area contributed by atoms with E-state index >= 15 is 0 Å². The zero-order valence-corrected chi connectivity index (χ0v) is 10.6. The van der Waals surface area contributed by atoms with Crippen LogP contribution in [0.3, 0.4) is 0 Å². The summed E-state index contributed by atoms with van der Waals surface area (Å²) in [5.74, 6) is -0.479. The van der Waals surface area contributed by atoms with Crippen LogP contribution in [-0.4, -0.2) is 51.3 Å². The normalized spacial score (nSPS) is 22.4. The minimum absolute atomic E-state index is 0.0185. The quantitative estimate of drug-likeness (QED) is 0.666. The number of benzene rings is 1. The van der Waals surface area contributed by atoms with Crippen LogP contribution in [0.1, 0.15) is 10.4 Å². The number of H-pyrrole nitrogens is 1. The number of likely N-dealkylation sites (tertiary alicyclic amines) is 1. The molecule has 0 radical (unpaired) electrons. The van der Waals surface area contributed by atoms with Gasteiger partial charge in [0.05, 0.1) is 12.2 Å². The zero-order valence-electron chi connectivity index (χ0n) is 10.6. The number of hydrogen-bond acceptors (Lipinski definition) is 4. The number of aromatic nitrogens is 1. The van der Waals surface area contributed by atoms with Gasteiger partial charge >= 0.3 is 0 Å². The van der Waals surface area contributed by atoms with Gasteiger partial charge in [0, 0.05) is 30.2 Å². The second-order valence-corrected chi connectivity index (χ2v) is 4.92. The summed E-state index contributed by atoms with van der Waals surface area (Å²) in [7, 11) is 0. The number of rotatable bonds is 1. The van der Waals surface area contributed by atoms with E-state index in [4.69, 9.17) is 0 Å². The summed E-state index contributed by atoms with van der Waals surface area (Å²) in [5.41, 5.74) is 0.334. The van der Waals surface area contributed by atoms with Gasteiger partial charge in [0.25, 0.3) is 5.91 Å². The van der Waals surface area contributed by atoms with Crippen molar-refractivity contribution in [2.75, 3.05) is 13.1 Å². The highest BCUT2D eigenvalue weighted by Crippen LogP contribution is 2.14.